The number of rotatable bonds is 6. The van der Waals surface area contributed by atoms with Crippen LogP contribution < -0.4 is 0 Å². The van der Waals surface area contributed by atoms with Crippen LogP contribution in [0, 0.1) is 0 Å². The summed E-state index contributed by atoms with van der Waals surface area (Å²) in [6, 6.07) is 0. The van der Waals surface area contributed by atoms with Crippen LogP contribution in [0.15, 0.2) is 23.8 Å². The van der Waals surface area contributed by atoms with Crippen molar-refractivity contribution in [3.05, 3.63) is 23.8 Å². The van der Waals surface area contributed by atoms with E-state index in [9.17, 15) is 0 Å². The zero-order valence-electron chi connectivity index (χ0n) is 9.62. The van der Waals surface area contributed by atoms with Crippen LogP contribution in [0.2, 0.25) is 13.1 Å². The molecule has 1 nitrogen and oxygen atoms in total. The minimum atomic E-state index is -0.670. The normalized spacial score (nSPS) is 17.6. The first kappa shape index (κ1) is 11.7. The van der Waals surface area contributed by atoms with E-state index in [1.54, 1.807) is 0 Å². The first-order chi connectivity index (χ1) is 6.74. The lowest BCUT2D eigenvalue weighted by Crippen LogP contribution is -2.28. The molecule has 1 atom stereocenters. The molecule has 0 N–H and O–H groups in total. The van der Waals surface area contributed by atoms with E-state index in [0.29, 0.717) is 5.73 Å². The summed E-state index contributed by atoms with van der Waals surface area (Å²) in [6.07, 6.45) is 10.2. The van der Waals surface area contributed by atoms with Gasteiger partial charge in [0.05, 0.1) is 8.80 Å². The van der Waals surface area contributed by atoms with E-state index >= 15 is 0 Å². The maximum Gasteiger partial charge on any atom is 0.0660 e. The molecule has 0 fully saturated rings. The zero-order chi connectivity index (χ0) is 10.4. The van der Waals surface area contributed by atoms with Crippen LogP contribution in [-0.2, 0) is 4.74 Å². The first-order valence-corrected chi connectivity index (χ1v) is 8.68. The highest BCUT2D eigenvalue weighted by Crippen LogP contribution is 2.18. The molecule has 0 spiro atoms. The Hall–Kier alpha value is -0.343. The van der Waals surface area contributed by atoms with Gasteiger partial charge >= 0.3 is 0 Å². The highest BCUT2D eigenvalue weighted by Gasteiger charge is 2.16. The lowest BCUT2D eigenvalue weighted by atomic mass is 10.2. The van der Waals surface area contributed by atoms with Gasteiger partial charge in [-0.1, -0.05) is 38.2 Å². The summed E-state index contributed by atoms with van der Waals surface area (Å²) in [6.45, 7) is 7.85. The van der Waals surface area contributed by atoms with Crippen molar-refractivity contribution in [2.45, 2.75) is 45.0 Å². The van der Waals surface area contributed by atoms with Gasteiger partial charge in [0.2, 0.25) is 0 Å². The Kier molecular flexibility index (Phi) is 5.19. The molecule has 80 valence electrons. The molecule has 0 aromatic carbocycles. The molecule has 1 aliphatic carbocycles. The molecule has 2 heteroatoms. The van der Waals surface area contributed by atoms with E-state index in [4.69, 9.17) is 4.74 Å². The third-order valence-corrected chi connectivity index (χ3v) is 4.48. The zero-order valence-corrected chi connectivity index (χ0v) is 10.8. The minimum Gasteiger partial charge on any atom is -0.382 e. The van der Waals surface area contributed by atoms with Crippen LogP contribution in [0.4, 0.5) is 0 Å². The summed E-state index contributed by atoms with van der Waals surface area (Å²) in [5, 5.41) is 0. The predicted molar refractivity (Wildman–Crippen MR) is 65.4 cm³/mol. The summed E-state index contributed by atoms with van der Waals surface area (Å²) < 4.78 is 5.90. The third kappa shape index (κ3) is 3.80. The average molecular weight is 210 g/mol. The Morgan fingerprint density at radius 1 is 1.50 bits per heavy atom. The molecule has 0 heterocycles. The Labute approximate surface area is 89.5 Å². The number of hydrogen-bond donors (Lipinski definition) is 0. The molecule has 0 aromatic rings. The van der Waals surface area contributed by atoms with Gasteiger partial charge in [0.15, 0.2) is 0 Å². The van der Waals surface area contributed by atoms with Crippen LogP contribution in [0.1, 0.15) is 26.2 Å². The topological polar surface area (TPSA) is 9.23 Å². The van der Waals surface area contributed by atoms with Gasteiger partial charge in [-0.25, -0.2) is 0 Å². The summed E-state index contributed by atoms with van der Waals surface area (Å²) in [7, 11) is -0.670. The summed E-state index contributed by atoms with van der Waals surface area (Å²) in [5.41, 5.74) is 2.01. The van der Waals surface area contributed by atoms with Crippen molar-refractivity contribution in [3.63, 3.8) is 0 Å². The molecule has 0 aromatic heterocycles. The molecule has 0 saturated heterocycles. The lowest BCUT2D eigenvalue weighted by molar-refractivity contribution is 0.104. The van der Waals surface area contributed by atoms with Crippen molar-refractivity contribution in [3.8, 4) is 0 Å². The Morgan fingerprint density at radius 3 is 2.79 bits per heavy atom. The fraction of sp³-hybridized carbons (Fsp3) is 0.667. The molecular weight excluding hydrogens is 188 g/mol. The van der Waals surface area contributed by atoms with Crippen LogP contribution in [0.5, 0.6) is 0 Å². The molecule has 1 unspecified atom stereocenters. The highest BCUT2D eigenvalue weighted by atomic mass is 28.3. The smallest absolute Gasteiger partial charge is 0.0660 e. The van der Waals surface area contributed by atoms with Gasteiger partial charge in [-0.15, -0.1) is 0 Å². The van der Waals surface area contributed by atoms with Gasteiger partial charge in [-0.2, -0.15) is 0 Å². The van der Waals surface area contributed by atoms with Crippen LogP contribution >= 0.6 is 0 Å². The van der Waals surface area contributed by atoms with Gasteiger partial charge in [-0.05, 0) is 24.8 Å². The number of allylic oxidation sites excluding steroid dienone is 3. The quantitative estimate of drug-likeness (QED) is 0.612. The third-order valence-electron chi connectivity index (χ3n) is 2.56. The maximum absolute atomic E-state index is 5.90. The van der Waals surface area contributed by atoms with Gasteiger partial charge in [0.25, 0.3) is 0 Å². The Morgan fingerprint density at radius 2 is 2.29 bits per heavy atom. The van der Waals surface area contributed by atoms with E-state index in [0.717, 1.165) is 25.9 Å². The second-order valence-electron chi connectivity index (χ2n) is 4.27. The van der Waals surface area contributed by atoms with E-state index < -0.39 is 8.80 Å². The van der Waals surface area contributed by atoms with E-state index in [-0.39, 0.29) is 0 Å². The van der Waals surface area contributed by atoms with Crippen molar-refractivity contribution in [2.75, 3.05) is 6.61 Å². The molecule has 1 aliphatic rings. The van der Waals surface area contributed by atoms with Crippen molar-refractivity contribution in [1.82, 2.24) is 0 Å². The van der Waals surface area contributed by atoms with Crippen LogP contribution in [-0.4, -0.2) is 21.1 Å². The number of ether oxygens (including phenoxy) is 1. The monoisotopic (exact) mass is 210 g/mol. The van der Waals surface area contributed by atoms with Gasteiger partial charge in [-0.3, -0.25) is 0 Å². The van der Waals surface area contributed by atoms with E-state index in [1.807, 2.05) is 0 Å². The molecular formula is C12H22OSi. The van der Waals surface area contributed by atoms with Crippen molar-refractivity contribution < 1.29 is 4.74 Å². The molecule has 14 heavy (non-hydrogen) atoms. The van der Waals surface area contributed by atoms with Gasteiger partial charge < -0.3 is 4.74 Å². The fourth-order valence-corrected chi connectivity index (χ4v) is 2.91. The van der Waals surface area contributed by atoms with Gasteiger partial charge in [0, 0.05) is 12.3 Å². The number of hydrogen-bond acceptors (Lipinski definition) is 1. The van der Waals surface area contributed by atoms with Crippen molar-refractivity contribution in [2.24, 2.45) is 0 Å². The van der Waals surface area contributed by atoms with E-state index in [2.05, 4.69) is 38.2 Å². The second-order valence-corrected chi connectivity index (χ2v) is 7.51. The summed E-state index contributed by atoms with van der Waals surface area (Å²) in [5.74, 6) is 0. The lowest BCUT2D eigenvalue weighted by Gasteiger charge is -2.20. The SMILES string of the molecule is CCCOC(CC1=CCC=C1)[SiH](C)C. The largest absolute Gasteiger partial charge is 0.382 e. The first-order valence-electron chi connectivity index (χ1n) is 5.71. The Bertz CT molecular complexity index is 218. The molecule has 0 radical (unpaired) electrons. The molecule has 0 amide bonds. The van der Waals surface area contributed by atoms with E-state index in [1.165, 1.54) is 5.57 Å². The molecule has 0 aliphatic heterocycles. The summed E-state index contributed by atoms with van der Waals surface area (Å²) in [4.78, 5) is 0. The highest BCUT2D eigenvalue weighted by molar-refractivity contribution is 6.57. The minimum absolute atomic E-state index is 0.531. The maximum atomic E-state index is 5.90. The van der Waals surface area contributed by atoms with Crippen molar-refractivity contribution >= 4 is 8.80 Å². The van der Waals surface area contributed by atoms with Gasteiger partial charge in [0.1, 0.15) is 0 Å². The fourth-order valence-electron chi connectivity index (χ4n) is 1.65. The molecule has 0 saturated carbocycles. The van der Waals surface area contributed by atoms with Crippen molar-refractivity contribution in [1.29, 1.82) is 0 Å². The second kappa shape index (κ2) is 6.20. The molecule has 0 bridgehead atoms. The summed E-state index contributed by atoms with van der Waals surface area (Å²) >= 11 is 0. The van der Waals surface area contributed by atoms with Crippen LogP contribution in [0.25, 0.3) is 0 Å². The predicted octanol–water partition coefficient (Wildman–Crippen LogP) is 3.08. The molecule has 1 rings (SSSR count). The Balaban J connectivity index is 2.38. The van der Waals surface area contributed by atoms with Crippen LogP contribution in [0.3, 0.4) is 0 Å². The standard InChI is InChI=1S/C12H22OSi/c1-4-9-13-12(14(2)3)10-11-7-5-6-8-11/h5,7-8,12,14H,4,6,9-10H2,1-3H3. The average Bonchev–Trinajstić information content (AvgIpc) is 2.64.